The largest absolute Gasteiger partial charge is 0.494 e. The fourth-order valence-corrected chi connectivity index (χ4v) is 2.23. The Bertz CT molecular complexity index is 655. The van der Waals surface area contributed by atoms with Crippen molar-refractivity contribution in [3.63, 3.8) is 0 Å². The number of anilines is 1. The Morgan fingerprint density at radius 3 is 2.52 bits per heavy atom. The number of hydrogen-bond acceptors (Lipinski definition) is 3. The molecule has 1 atom stereocenters. The molecule has 0 saturated heterocycles. The predicted octanol–water partition coefficient (Wildman–Crippen LogP) is 4.19. The van der Waals surface area contributed by atoms with Crippen LogP contribution in [0.2, 0.25) is 0 Å². The summed E-state index contributed by atoms with van der Waals surface area (Å²) in [7, 11) is 0. The van der Waals surface area contributed by atoms with Crippen molar-refractivity contribution in [1.82, 2.24) is 0 Å². The van der Waals surface area contributed by atoms with Crippen LogP contribution in [0.1, 0.15) is 25.8 Å². The Labute approximate surface area is 137 Å². The molecule has 0 unspecified atom stereocenters. The standard InChI is InChI=1S/C19H23NO3/c1-4-18(23-17-11-6-8-14(3)12-17)19(21)20-15-9-7-10-16(13-15)22-5-2/h6-13,18H,4-5H2,1-3H3,(H,20,21)/t18-/m1/s1. The second-order valence-corrected chi connectivity index (χ2v) is 5.28. The Balaban J connectivity index is 2.03. The van der Waals surface area contributed by atoms with Crippen LogP contribution >= 0.6 is 0 Å². The van der Waals surface area contributed by atoms with E-state index in [1.165, 1.54) is 0 Å². The fraction of sp³-hybridized carbons (Fsp3) is 0.316. The van der Waals surface area contributed by atoms with Crippen molar-refractivity contribution in [2.24, 2.45) is 0 Å². The molecule has 122 valence electrons. The van der Waals surface area contributed by atoms with Gasteiger partial charge in [0.25, 0.3) is 5.91 Å². The molecule has 0 radical (unpaired) electrons. The molecule has 4 nitrogen and oxygen atoms in total. The van der Waals surface area contributed by atoms with Crippen molar-refractivity contribution in [2.45, 2.75) is 33.3 Å². The predicted molar refractivity (Wildman–Crippen MR) is 92.1 cm³/mol. The minimum absolute atomic E-state index is 0.164. The Kier molecular flexibility index (Phi) is 6.03. The molecule has 0 aromatic heterocycles. The summed E-state index contributed by atoms with van der Waals surface area (Å²) in [4.78, 5) is 12.4. The third-order valence-electron chi connectivity index (χ3n) is 3.34. The average molecular weight is 313 g/mol. The smallest absolute Gasteiger partial charge is 0.265 e. The van der Waals surface area contributed by atoms with E-state index in [1.807, 2.05) is 63.2 Å². The summed E-state index contributed by atoms with van der Waals surface area (Å²) in [6, 6.07) is 15.0. The molecule has 2 aromatic rings. The van der Waals surface area contributed by atoms with Gasteiger partial charge in [-0.1, -0.05) is 25.1 Å². The molecule has 0 fully saturated rings. The van der Waals surface area contributed by atoms with Crippen molar-refractivity contribution in [2.75, 3.05) is 11.9 Å². The normalized spacial score (nSPS) is 11.6. The van der Waals surface area contributed by atoms with E-state index in [4.69, 9.17) is 9.47 Å². The molecule has 0 bridgehead atoms. The molecule has 0 aliphatic carbocycles. The molecule has 1 amide bonds. The van der Waals surface area contributed by atoms with Gasteiger partial charge in [0.15, 0.2) is 6.10 Å². The maximum absolute atomic E-state index is 12.4. The summed E-state index contributed by atoms with van der Waals surface area (Å²) < 4.78 is 11.3. The second kappa shape index (κ2) is 8.22. The van der Waals surface area contributed by atoms with E-state index in [-0.39, 0.29) is 5.91 Å². The van der Waals surface area contributed by atoms with Crippen molar-refractivity contribution < 1.29 is 14.3 Å². The van der Waals surface area contributed by atoms with Crippen LogP contribution in [0.3, 0.4) is 0 Å². The monoisotopic (exact) mass is 313 g/mol. The van der Waals surface area contributed by atoms with Crippen molar-refractivity contribution in [3.8, 4) is 11.5 Å². The minimum atomic E-state index is -0.535. The lowest BCUT2D eigenvalue weighted by Crippen LogP contribution is -2.32. The molecule has 0 aliphatic rings. The van der Waals surface area contributed by atoms with Gasteiger partial charge in [-0.25, -0.2) is 0 Å². The zero-order valence-corrected chi connectivity index (χ0v) is 13.8. The van der Waals surface area contributed by atoms with E-state index in [0.717, 1.165) is 11.3 Å². The third-order valence-corrected chi connectivity index (χ3v) is 3.34. The van der Waals surface area contributed by atoms with E-state index >= 15 is 0 Å². The van der Waals surface area contributed by atoms with Gasteiger partial charge >= 0.3 is 0 Å². The lowest BCUT2D eigenvalue weighted by molar-refractivity contribution is -0.122. The first-order chi connectivity index (χ1) is 11.1. The van der Waals surface area contributed by atoms with Gasteiger partial charge in [0.1, 0.15) is 11.5 Å². The van der Waals surface area contributed by atoms with Gasteiger partial charge in [0.05, 0.1) is 6.61 Å². The summed E-state index contributed by atoms with van der Waals surface area (Å²) in [6.07, 6.45) is 0.0535. The van der Waals surface area contributed by atoms with Gasteiger partial charge in [-0.2, -0.15) is 0 Å². The van der Waals surface area contributed by atoms with Gasteiger partial charge in [0, 0.05) is 11.8 Å². The summed E-state index contributed by atoms with van der Waals surface area (Å²) in [5, 5.41) is 2.88. The van der Waals surface area contributed by atoms with Gasteiger partial charge in [-0.15, -0.1) is 0 Å². The zero-order chi connectivity index (χ0) is 16.7. The number of rotatable bonds is 7. The molecular formula is C19H23NO3. The van der Waals surface area contributed by atoms with Crippen molar-refractivity contribution in [3.05, 3.63) is 54.1 Å². The van der Waals surface area contributed by atoms with E-state index in [0.29, 0.717) is 24.5 Å². The lowest BCUT2D eigenvalue weighted by atomic mass is 10.2. The molecular weight excluding hydrogens is 290 g/mol. The molecule has 23 heavy (non-hydrogen) atoms. The lowest BCUT2D eigenvalue weighted by Gasteiger charge is -2.18. The van der Waals surface area contributed by atoms with Crippen LogP contribution in [0.5, 0.6) is 11.5 Å². The highest BCUT2D eigenvalue weighted by Gasteiger charge is 2.18. The second-order valence-electron chi connectivity index (χ2n) is 5.28. The number of hydrogen-bond donors (Lipinski definition) is 1. The molecule has 2 aromatic carbocycles. The summed E-state index contributed by atoms with van der Waals surface area (Å²) in [5.41, 5.74) is 1.80. The quantitative estimate of drug-likeness (QED) is 0.833. The number of carbonyl (C=O) groups is 1. The third kappa shape index (κ3) is 5.02. The highest BCUT2D eigenvalue weighted by Crippen LogP contribution is 2.19. The summed E-state index contributed by atoms with van der Waals surface area (Å²) in [5.74, 6) is 1.27. The van der Waals surface area contributed by atoms with E-state index < -0.39 is 6.10 Å². The highest BCUT2D eigenvalue weighted by molar-refractivity contribution is 5.94. The number of ether oxygens (including phenoxy) is 2. The van der Waals surface area contributed by atoms with Crippen LogP contribution in [0.15, 0.2) is 48.5 Å². The zero-order valence-electron chi connectivity index (χ0n) is 13.8. The Morgan fingerprint density at radius 2 is 1.83 bits per heavy atom. The highest BCUT2D eigenvalue weighted by atomic mass is 16.5. The summed E-state index contributed by atoms with van der Waals surface area (Å²) >= 11 is 0. The van der Waals surface area contributed by atoms with Crippen LogP contribution < -0.4 is 14.8 Å². The van der Waals surface area contributed by atoms with E-state index in [2.05, 4.69) is 5.32 Å². The van der Waals surface area contributed by atoms with Crippen molar-refractivity contribution >= 4 is 11.6 Å². The number of carbonyl (C=O) groups excluding carboxylic acids is 1. The first kappa shape index (κ1) is 16.9. The van der Waals surface area contributed by atoms with Gasteiger partial charge in [0.2, 0.25) is 0 Å². The van der Waals surface area contributed by atoms with E-state index in [9.17, 15) is 4.79 Å². The van der Waals surface area contributed by atoms with Crippen LogP contribution in [0.4, 0.5) is 5.69 Å². The minimum Gasteiger partial charge on any atom is -0.494 e. The SMILES string of the molecule is CCOc1cccc(NC(=O)[C@@H](CC)Oc2cccc(C)c2)c1. The Hall–Kier alpha value is -2.49. The number of amides is 1. The molecule has 0 aliphatic heterocycles. The fourth-order valence-electron chi connectivity index (χ4n) is 2.23. The maximum Gasteiger partial charge on any atom is 0.265 e. The number of nitrogens with one attached hydrogen (secondary N) is 1. The van der Waals surface area contributed by atoms with Crippen molar-refractivity contribution in [1.29, 1.82) is 0 Å². The molecule has 1 N–H and O–H groups in total. The molecule has 0 heterocycles. The Morgan fingerprint density at radius 1 is 1.09 bits per heavy atom. The topological polar surface area (TPSA) is 47.6 Å². The molecule has 0 spiro atoms. The number of benzene rings is 2. The summed E-state index contributed by atoms with van der Waals surface area (Å²) in [6.45, 7) is 6.43. The van der Waals surface area contributed by atoms with Gasteiger partial charge in [-0.05, 0) is 50.1 Å². The van der Waals surface area contributed by atoms with Gasteiger partial charge in [-0.3, -0.25) is 4.79 Å². The molecule has 4 heteroatoms. The van der Waals surface area contributed by atoms with Crippen LogP contribution in [0.25, 0.3) is 0 Å². The van der Waals surface area contributed by atoms with Crippen LogP contribution in [0, 0.1) is 6.92 Å². The van der Waals surface area contributed by atoms with Gasteiger partial charge < -0.3 is 14.8 Å². The number of aryl methyl sites for hydroxylation is 1. The maximum atomic E-state index is 12.4. The first-order valence-corrected chi connectivity index (χ1v) is 7.89. The molecule has 0 saturated carbocycles. The molecule has 2 rings (SSSR count). The van der Waals surface area contributed by atoms with Crippen LogP contribution in [-0.4, -0.2) is 18.6 Å². The van der Waals surface area contributed by atoms with E-state index in [1.54, 1.807) is 6.07 Å². The first-order valence-electron chi connectivity index (χ1n) is 7.89. The van der Waals surface area contributed by atoms with Crippen LogP contribution in [-0.2, 0) is 4.79 Å². The average Bonchev–Trinajstić information content (AvgIpc) is 2.53.